The van der Waals surface area contributed by atoms with Crippen LogP contribution in [-0.2, 0) is 6.42 Å². The lowest BCUT2D eigenvalue weighted by Gasteiger charge is -2.10. The van der Waals surface area contributed by atoms with E-state index in [9.17, 15) is 4.39 Å². The van der Waals surface area contributed by atoms with E-state index >= 15 is 0 Å². The van der Waals surface area contributed by atoms with E-state index in [-0.39, 0.29) is 11.9 Å². The van der Waals surface area contributed by atoms with Crippen molar-refractivity contribution in [2.24, 2.45) is 5.73 Å². The van der Waals surface area contributed by atoms with Crippen LogP contribution < -0.4 is 5.73 Å². The van der Waals surface area contributed by atoms with Crippen LogP contribution in [0, 0.1) is 5.82 Å². The van der Waals surface area contributed by atoms with Crippen LogP contribution in [-0.4, -0.2) is 6.04 Å². The second kappa shape index (κ2) is 7.11. The summed E-state index contributed by atoms with van der Waals surface area (Å²) in [5.74, 6) is -0.212. The summed E-state index contributed by atoms with van der Waals surface area (Å²) in [5, 5.41) is 0.654. The summed E-state index contributed by atoms with van der Waals surface area (Å²) < 4.78 is 14.1. The molecule has 2 aromatic rings. The Morgan fingerprint density at radius 2 is 2.05 bits per heavy atom. The molecule has 0 saturated carbocycles. The number of hydrogen-bond donors (Lipinski definition) is 1. The highest BCUT2D eigenvalue weighted by atomic mass is 35.5. The van der Waals surface area contributed by atoms with E-state index in [1.807, 2.05) is 31.2 Å². The molecule has 0 aromatic heterocycles. The summed E-state index contributed by atoms with van der Waals surface area (Å²) in [4.78, 5) is 1.52. The molecule has 2 aromatic carbocycles. The molecule has 1 atom stereocenters. The summed E-state index contributed by atoms with van der Waals surface area (Å²) in [7, 11) is 0. The first-order chi connectivity index (χ1) is 9.58. The highest BCUT2D eigenvalue weighted by Crippen LogP contribution is 2.31. The van der Waals surface area contributed by atoms with Gasteiger partial charge in [0.15, 0.2) is 0 Å². The summed E-state index contributed by atoms with van der Waals surface area (Å²) >= 11 is 7.30. The van der Waals surface area contributed by atoms with Gasteiger partial charge in [-0.25, -0.2) is 4.39 Å². The minimum Gasteiger partial charge on any atom is -0.327 e. The number of nitrogens with two attached hydrogens (primary N) is 1. The normalized spacial score (nSPS) is 12.4. The van der Waals surface area contributed by atoms with Crippen LogP contribution in [0.4, 0.5) is 4.39 Å². The third-order valence-corrected chi connectivity index (χ3v) is 4.32. The van der Waals surface area contributed by atoms with Crippen molar-refractivity contribution in [1.29, 1.82) is 0 Å². The molecular weight excluding hydrogens is 293 g/mol. The van der Waals surface area contributed by atoms with Gasteiger partial charge in [0.05, 0.1) is 0 Å². The Balaban J connectivity index is 2.13. The van der Waals surface area contributed by atoms with Crippen molar-refractivity contribution in [2.45, 2.75) is 35.6 Å². The summed E-state index contributed by atoms with van der Waals surface area (Å²) in [6, 6.07) is 12.8. The first kappa shape index (κ1) is 15.4. The van der Waals surface area contributed by atoms with E-state index in [4.69, 9.17) is 17.3 Å². The van der Waals surface area contributed by atoms with E-state index in [0.717, 1.165) is 16.9 Å². The van der Waals surface area contributed by atoms with E-state index in [1.165, 1.54) is 11.8 Å². The monoisotopic (exact) mass is 309 g/mol. The van der Waals surface area contributed by atoms with Gasteiger partial charge in [0.1, 0.15) is 5.82 Å². The second-order valence-electron chi connectivity index (χ2n) is 4.70. The standard InChI is InChI=1S/C16H17ClFNS/c1-2-13(19)8-11-6-7-16(15(18)9-11)20-14-5-3-4-12(17)10-14/h3-7,9-10,13H,2,8,19H2,1H3. The molecule has 1 nitrogen and oxygen atoms in total. The van der Waals surface area contributed by atoms with Gasteiger partial charge in [-0.1, -0.05) is 42.4 Å². The van der Waals surface area contributed by atoms with Gasteiger partial charge in [0, 0.05) is 20.9 Å². The van der Waals surface area contributed by atoms with E-state index in [0.29, 0.717) is 16.3 Å². The molecule has 0 aliphatic heterocycles. The maximum absolute atomic E-state index is 14.1. The highest BCUT2D eigenvalue weighted by Gasteiger charge is 2.08. The van der Waals surface area contributed by atoms with Crippen LogP contribution in [0.25, 0.3) is 0 Å². The molecule has 0 heterocycles. The quantitative estimate of drug-likeness (QED) is 0.849. The average molecular weight is 310 g/mol. The van der Waals surface area contributed by atoms with E-state index in [2.05, 4.69) is 0 Å². The van der Waals surface area contributed by atoms with Crippen LogP contribution in [0.1, 0.15) is 18.9 Å². The lowest BCUT2D eigenvalue weighted by Crippen LogP contribution is -2.21. The van der Waals surface area contributed by atoms with Gasteiger partial charge in [0.2, 0.25) is 0 Å². The predicted molar refractivity (Wildman–Crippen MR) is 83.9 cm³/mol. The topological polar surface area (TPSA) is 26.0 Å². The van der Waals surface area contributed by atoms with Crippen molar-refractivity contribution in [3.63, 3.8) is 0 Å². The summed E-state index contributed by atoms with van der Waals surface area (Å²) in [6.45, 7) is 2.03. The SMILES string of the molecule is CCC(N)Cc1ccc(Sc2cccc(Cl)c2)c(F)c1. The van der Waals surface area contributed by atoms with Crippen LogP contribution in [0.3, 0.4) is 0 Å². The van der Waals surface area contributed by atoms with Crippen molar-refractivity contribution in [3.05, 3.63) is 58.9 Å². The highest BCUT2D eigenvalue weighted by molar-refractivity contribution is 7.99. The molecule has 2 rings (SSSR count). The fourth-order valence-corrected chi connectivity index (χ4v) is 2.99. The van der Waals surface area contributed by atoms with Crippen molar-refractivity contribution < 1.29 is 4.39 Å². The Kier molecular flexibility index (Phi) is 5.46. The zero-order valence-electron chi connectivity index (χ0n) is 11.3. The number of hydrogen-bond acceptors (Lipinski definition) is 2. The Morgan fingerprint density at radius 3 is 2.70 bits per heavy atom. The maximum Gasteiger partial charge on any atom is 0.137 e. The minimum atomic E-state index is -0.212. The lowest BCUT2D eigenvalue weighted by atomic mass is 10.0. The fourth-order valence-electron chi connectivity index (χ4n) is 1.86. The second-order valence-corrected chi connectivity index (χ2v) is 6.25. The van der Waals surface area contributed by atoms with Gasteiger partial charge >= 0.3 is 0 Å². The molecule has 2 N–H and O–H groups in total. The van der Waals surface area contributed by atoms with Gasteiger partial charge in [0.25, 0.3) is 0 Å². The average Bonchev–Trinajstić information content (AvgIpc) is 2.42. The van der Waals surface area contributed by atoms with Crippen LogP contribution in [0.5, 0.6) is 0 Å². The van der Waals surface area contributed by atoms with Gasteiger partial charge in [-0.3, -0.25) is 0 Å². The number of rotatable bonds is 5. The molecular formula is C16H17ClFNS. The van der Waals surface area contributed by atoms with Gasteiger partial charge in [-0.15, -0.1) is 0 Å². The van der Waals surface area contributed by atoms with Gasteiger partial charge in [-0.05, 0) is 48.7 Å². The van der Waals surface area contributed by atoms with Crippen LogP contribution in [0.15, 0.2) is 52.3 Å². The first-order valence-corrected chi connectivity index (χ1v) is 7.75. The van der Waals surface area contributed by atoms with Gasteiger partial charge < -0.3 is 5.73 Å². The summed E-state index contributed by atoms with van der Waals surface area (Å²) in [5.41, 5.74) is 6.83. The zero-order chi connectivity index (χ0) is 14.5. The van der Waals surface area contributed by atoms with Crippen molar-refractivity contribution in [3.8, 4) is 0 Å². The third-order valence-electron chi connectivity index (χ3n) is 3.04. The maximum atomic E-state index is 14.1. The molecule has 0 radical (unpaired) electrons. The molecule has 0 saturated heterocycles. The first-order valence-electron chi connectivity index (χ1n) is 6.56. The fraction of sp³-hybridized carbons (Fsp3) is 0.250. The third kappa shape index (κ3) is 4.23. The predicted octanol–water partition coefficient (Wildman–Crippen LogP) is 4.91. The molecule has 0 aliphatic rings. The molecule has 0 bridgehead atoms. The Morgan fingerprint density at radius 1 is 1.25 bits per heavy atom. The molecule has 20 heavy (non-hydrogen) atoms. The summed E-state index contributed by atoms with van der Waals surface area (Å²) in [6.07, 6.45) is 1.59. The molecule has 4 heteroatoms. The van der Waals surface area contributed by atoms with Crippen molar-refractivity contribution >= 4 is 23.4 Å². The Labute approximate surface area is 128 Å². The molecule has 0 fully saturated rings. The smallest absolute Gasteiger partial charge is 0.137 e. The van der Waals surface area contributed by atoms with Crippen molar-refractivity contribution in [2.75, 3.05) is 0 Å². The molecule has 1 unspecified atom stereocenters. The molecule has 0 amide bonds. The van der Waals surface area contributed by atoms with Crippen LogP contribution in [0.2, 0.25) is 5.02 Å². The largest absolute Gasteiger partial charge is 0.327 e. The Bertz CT molecular complexity index is 588. The lowest BCUT2D eigenvalue weighted by molar-refractivity contribution is 0.593. The van der Waals surface area contributed by atoms with Gasteiger partial charge in [-0.2, -0.15) is 0 Å². The Hall–Kier alpha value is -1.03. The van der Waals surface area contributed by atoms with Crippen LogP contribution >= 0.6 is 23.4 Å². The van der Waals surface area contributed by atoms with E-state index in [1.54, 1.807) is 18.2 Å². The minimum absolute atomic E-state index is 0.0841. The molecule has 0 aliphatic carbocycles. The number of halogens is 2. The molecule has 106 valence electrons. The van der Waals surface area contributed by atoms with E-state index < -0.39 is 0 Å². The number of benzene rings is 2. The zero-order valence-corrected chi connectivity index (χ0v) is 12.8. The molecule has 0 spiro atoms. The van der Waals surface area contributed by atoms with Crippen molar-refractivity contribution in [1.82, 2.24) is 0 Å².